The molecule has 0 fully saturated rings. The number of hydrogen-bond donors (Lipinski definition) is 0. The summed E-state index contributed by atoms with van der Waals surface area (Å²) in [5, 5.41) is 0. The van der Waals surface area contributed by atoms with Gasteiger partial charge in [0.15, 0.2) is 9.84 Å². The van der Waals surface area contributed by atoms with Crippen molar-refractivity contribution < 1.29 is 22.4 Å². The van der Waals surface area contributed by atoms with E-state index in [2.05, 4.69) is 28.1 Å². The molecule has 0 spiro atoms. The van der Waals surface area contributed by atoms with Crippen LogP contribution in [0.1, 0.15) is 122 Å². The van der Waals surface area contributed by atoms with Crippen molar-refractivity contribution in [2.45, 2.75) is 129 Å². The molecule has 0 rings (SSSR count). The van der Waals surface area contributed by atoms with Gasteiger partial charge in [-0.2, -0.15) is 0 Å². The predicted molar refractivity (Wildman–Crippen MR) is 152 cm³/mol. The quantitative estimate of drug-likeness (QED) is 0.0850. The van der Waals surface area contributed by atoms with E-state index in [0.717, 1.165) is 24.1 Å². The van der Waals surface area contributed by atoms with E-state index in [1.165, 1.54) is 96.3 Å². The van der Waals surface area contributed by atoms with E-state index in [1.807, 2.05) is 0 Å². The van der Waals surface area contributed by atoms with E-state index >= 15 is 0 Å². The van der Waals surface area contributed by atoms with Crippen molar-refractivity contribution in [2.24, 2.45) is 0 Å². The van der Waals surface area contributed by atoms with Crippen LogP contribution in [0.25, 0.3) is 0 Å². The van der Waals surface area contributed by atoms with Gasteiger partial charge in [-0.1, -0.05) is 103 Å². The van der Waals surface area contributed by atoms with Gasteiger partial charge in [-0.05, 0) is 12.8 Å². The molecule has 1 atom stereocenters. The summed E-state index contributed by atoms with van der Waals surface area (Å²) in [6, 6.07) is 0. The fraction of sp³-hybridized carbons (Fsp3) is 1.00. The molecule has 212 valence electrons. The van der Waals surface area contributed by atoms with E-state index in [0.29, 0.717) is 19.4 Å². The molecule has 0 aliphatic heterocycles. The van der Waals surface area contributed by atoms with Crippen LogP contribution in [0.3, 0.4) is 0 Å². The molecule has 0 aromatic carbocycles. The molecular formula is C29H62NO4S+. The molecule has 0 aromatic heterocycles. The molecular weight excluding hydrogens is 458 g/mol. The lowest BCUT2D eigenvalue weighted by atomic mass is 10.0. The number of ether oxygens (including phenoxy) is 2. The van der Waals surface area contributed by atoms with Gasteiger partial charge in [0.2, 0.25) is 0 Å². The van der Waals surface area contributed by atoms with Crippen molar-refractivity contribution in [3.8, 4) is 0 Å². The highest BCUT2D eigenvalue weighted by Gasteiger charge is 2.17. The first kappa shape index (κ1) is 34.8. The topological polar surface area (TPSA) is 52.6 Å². The van der Waals surface area contributed by atoms with E-state index in [1.54, 1.807) is 7.11 Å². The molecule has 0 amide bonds. The second kappa shape index (κ2) is 23.0. The predicted octanol–water partition coefficient (Wildman–Crippen LogP) is 7.18. The van der Waals surface area contributed by atoms with Crippen LogP contribution in [0, 0.1) is 0 Å². The van der Waals surface area contributed by atoms with Crippen LogP contribution in [-0.2, 0) is 19.3 Å². The minimum atomic E-state index is -3.02. The van der Waals surface area contributed by atoms with Gasteiger partial charge in [-0.3, -0.25) is 0 Å². The maximum atomic E-state index is 12.3. The Kier molecular flexibility index (Phi) is 22.9. The summed E-state index contributed by atoms with van der Waals surface area (Å²) in [5.74, 6) is 0.448. The van der Waals surface area contributed by atoms with Gasteiger partial charge in [0.1, 0.15) is 0 Å². The van der Waals surface area contributed by atoms with Crippen LogP contribution in [0.4, 0.5) is 0 Å². The van der Waals surface area contributed by atoms with E-state index in [9.17, 15) is 8.42 Å². The second-order valence-corrected chi connectivity index (χ2v) is 13.8. The molecule has 0 saturated carbocycles. The third kappa shape index (κ3) is 26.7. The van der Waals surface area contributed by atoms with Crippen molar-refractivity contribution in [1.29, 1.82) is 0 Å². The van der Waals surface area contributed by atoms with Gasteiger partial charge in [0.05, 0.1) is 51.9 Å². The van der Waals surface area contributed by atoms with Crippen LogP contribution < -0.4 is 0 Å². The Morgan fingerprint density at radius 1 is 0.657 bits per heavy atom. The van der Waals surface area contributed by atoms with E-state index in [4.69, 9.17) is 9.47 Å². The summed E-state index contributed by atoms with van der Waals surface area (Å²) in [6.07, 6.45) is 23.0. The Bertz CT molecular complexity index is 545. The Morgan fingerprint density at radius 3 is 1.54 bits per heavy atom. The zero-order valence-corrected chi connectivity index (χ0v) is 25.1. The van der Waals surface area contributed by atoms with Gasteiger partial charge in [-0.15, -0.1) is 0 Å². The number of unbranched alkanes of at least 4 members (excludes halogenated alkanes) is 15. The summed E-state index contributed by atoms with van der Waals surface area (Å²) >= 11 is 0. The highest BCUT2D eigenvalue weighted by molar-refractivity contribution is 7.91. The highest BCUT2D eigenvalue weighted by atomic mass is 32.2. The summed E-state index contributed by atoms with van der Waals surface area (Å²) in [7, 11) is 4.89. The average Bonchev–Trinajstić information content (AvgIpc) is 2.79. The molecule has 5 nitrogen and oxygen atoms in total. The van der Waals surface area contributed by atoms with Crippen LogP contribution in [0.15, 0.2) is 0 Å². The third-order valence-corrected chi connectivity index (χ3v) is 8.58. The standard InChI is InChI=1S/C29H62NO4S/c1-6-7-8-9-10-11-12-13-14-15-16-17-18-19-20-21-25-34-28-29(33-5)23-27-35(31,32)26-22-24-30(2,3)4/h29H,6-28H2,1-5H3/q+1. The first-order valence-corrected chi connectivity index (χ1v) is 16.6. The summed E-state index contributed by atoms with van der Waals surface area (Å²) in [4.78, 5) is 0. The number of sulfone groups is 1. The fourth-order valence-corrected chi connectivity index (χ4v) is 5.80. The molecule has 0 saturated heterocycles. The zero-order chi connectivity index (χ0) is 26.3. The summed E-state index contributed by atoms with van der Waals surface area (Å²) in [5.41, 5.74) is 0. The molecule has 0 aliphatic carbocycles. The minimum Gasteiger partial charge on any atom is -0.379 e. The average molecular weight is 521 g/mol. The van der Waals surface area contributed by atoms with E-state index < -0.39 is 9.84 Å². The van der Waals surface area contributed by atoms with E-state index in [-0.39, 0.29) is 17.6 Å². The molecule has 0 radical (unpaired) electrons. The van der Waals surface area contributed by atoms with Crippen LogP contribution in [-0.4, -0.2) is 78.5 Å². The second-order valence-electron chi connectivity index (χ2n) is 11.5. The number of quaternary nitrogens is 1. The number of hydrogen-bond acceptors (Lipinski definition) is 4. The van der Waals surface area contributed by atoms with Gasteiger partial charge < -0.3 is 14.0 Å². The van der Waals surface area contributed by atoms with Crippen molar-refractivity contribution in [3.63, 3.8) is 0 Å². The summed E-state index contributed by atoms with van der Waals surface area (Å²) in [6.45, 7) is 4.39. The molecule has 35 heavy (non-hydrogen) atoms. The lowest BCUT2D eigenvalue weighted by Gasteiger charge is -2.23. The molecule has 0 bridgehead atoms. The first-order chi connectivity index (χ1) is 16.7. The third-order valence-electron chi connectivity index (χ3n) is 6.81. The Balaban J connectivity index is 3.49. The lowest BCUT2D eigenvalue weighted by Crippen LogP contribution is -2.36. The first-order valence-electron chi connectivity index (χ1n) is 14.8. The largest absolute Gasteiger partial charge is 0.379 e. The van der Waals surface area contributed by atoms with Gasteiger partial charge in [-0.25, -0.2) is 8.42 Å². The molecule has 0 N–H and O–H groups in total. The Labute approximate surface area is 220 Å². The lowest BCUT2D eigenvalue weighted by molar-refractivity contribution is -0.870. The minimum absolute atomic E-state index is 0.135. The van der Waals surface area contributed by atoms with Crippen LogP contribution >= 0.6 is 0 Å². The number of methoxy groups -OCH3 is 1. The van der Waals surface area contributed by atoms with Gasteiger partial charge in [0, 0.05) is 20.1 Å². The normalized spacial score (nSPS) is 13.4. The molecule has 0 heterocycles. The van der Waals surface area contributed by atoms with Crippen molar-refractivity contribution >= 4 is 9.84 Å². The maximum Gasteiger partial charge on any atom is 0.150 e. The molecule has 0 aliphatic rings. The fourth-order valence-electron chi connectivity index (χ4n) is 4.41. The SMILES string of the molecule is CCCCCCCCCCCCCCCCCCOCC(CCS(=O)(=O)CCC[N+](C)(C)C)OC. The molecule has 0 aromatic rings. The monoisotopic (exact) mass is 520 g/mol. The smallest absolute Gasteiger partial charge is 0.150 e. The number of nitrogens with zero attached hydrogens (tertiary/aromatic N) is 1. The molecule has 6 heteroatoms. The van der Waals surface area contributed by atoms with Gasteiger partial charge >= 0.3 is 0 Å². The van der Waals surface area contributed by atoms with Crippen molar-refractivity contribution in [3.05, 3.63) is 0 Å². The Hall–Kier alpha value is -0.170. The van der Waals surface area contributed by atoms with Crippen LogP contribution in [0.2, 0.25) is 0 Å². The highest BCUT2D eigenvalue weighted by Crippen LogP contribution is 2.14. The Morgan fingerprint density at radius 2 is 1.11 bits per heavy atom. The number of rotatable bonds is 27. The van der Waals surface area contributed by atoms with Gasteiger partial charge in [0.25, 0.3) is 0 Å². The maximum absolute atomic E-state index is 12.3. The zero-order valence-electron chi connectivity index (χ0n) is 24.3. The van der Waals surface area contributed by atoms with Crippen molar-refractivity contribution in [2.75, 3.05) is 59.5 Å². The van der Waals surface area contributed by atoms with Crippen LogP contribution in [0.5, 0.6) is 0 Å². The van der Waals surface area contributed by atoms with Crippen molar-refractivity contribution in [1.82, 2.24) is 0 Å². The summed E-state index contributed by atoms with van der Waals surface area (Å²) < 4.78 is 36.6. The molecule has 1 unspecified atom stereocenters.